The molecule has 0 aliphatic rings. The number of anilines is 1. The van der Waals surface area contributed by atoms with E-state index in [0.717, 1.165) is 16.3 Å². The van der Waals surface area contributed by atoms with Crippen molar-refractivity contribution in [2.45, 2.75) is 13.5 Å². The van der Waals surface area contributed by atoms with Crippen molar-refractivity contribution in [2.75, 3.05) is 12.4 Å². The highest BCUT2D eigenvalue weighted by Gasteiger charge is 2.14. The molecule has 0 unspecified atom stereocenters. The highest BCUT2D eigenvalue weighted by Crippen LogP contribution is 2.31. The average Bonchev–Trinajstić information content (AvgIpc) is 2.91. The molecule has 0 saturated heterocycles. The van der Waals surface area contributed by atoms with E-state index in [9.17, 15) is 20.2 Å². The van der Waals surface area contributed by atoms with Gasteiger partial charge in [-0.25, -0.2) is 0 Å². The van der Waals surface area contributed by atoms with Crippen molar-refractivity contribution in [3.63, 3.8) is 0 Å². The molecule has 37 heavy (non-hydrogen) atoms. The van der Waals surface area contributed by atoms with Crippen molar-refractivity contribution in [3.8, 4) is 17.6 Å². The molecule has 8 heteroatoms. The summed E-state index contributed by atoms with van der Waals surface area (Å²) in [6.07, 6.45) is 1.44. The Labute approximate surface area is 213 Å². The van der Waals surface area contributed by atoms with Gasteiger partial charge in [-0.3, -0.25) is 14.9 Å². The van der Waals surface area contributed by atoms with E-state index in [1.54, 1.807) is 25.1 Å². The number of nitro groups is 1. The number of benzene rings is 4. The molecule has 0 bridgehead atoms. The molecule has 1 N–H and O–H groups in total. The molecule has 4 rings (SSSR count). The molecule has 0 saturated carbocycles. The molecule has 8 nitrogen and oxygen atoms in total. The Morgan fingerprint density at radius 1 is 1.05 bits per heavy atom. The summed E-state index contributed by atoms with van der Waals surface area (Å²) in [6, 6.07) is 25.2. The van der Waals surface area contributed by atoms with Crippen LogP contribution >= 0.6 is 0 Å². The topological polar surface area (TPSA) is 114 Å². The van der Waals surface area contributed by atoms with E-state index < -0.39 is 10.8 Å². The maximum Gasteiger partial charge on any atom is 0.269 e. The molecule has 0 fully saturated rings. The molecule has 1 amide bonds. The van der Waals surface area contributed by atoms with E-state index in [-0.39, 0.29) is 11.3 Å². The van der Waals surface area contributed by atoms with Crippen LogP contribution in [-0.4, -0.2) is 17.9 Å². The summed E-state index contributed by atoms with van der Waals surface area (Å²) in [6.45, 7) is 1.98. The number of fused-ring (bicyclic) bond motifs is 1. The van der Waals surface area contributed by atoms with Gasteiger partial charge in [0.05, 0.1) is 12.0 Å². The lowest BCUT2D eigenvalue weighted by Crippen LogP contribution is -2.14. The Balaban J connectivity index is 1.51. The molecule has 4 aromatic carbocycles. The summed E-state index contributed by atoms with van der Waals surface area (Å²) in [7, 11) is 1.52. The Morgan fingerprint density at radius 3 is 2.57 bits per heavy atom. The van der Waals surface area contributed by atoms with Gasteiger partial charge in [-0.2, -0.15) is 5.26 Å². The first-order chi connectivity index (χ1) is 17.9. The molecule has 0 aliphatic heterocycles. The zero-order chi connectivity index (χ0) is 26.4. The molecule has 0 aromatic heterocycles. The second-order valence-corrected chi connectivity index (χ2v) is 8.22. The first kappa shape index (κ1) is 24.9. The second kappa shape index (κ2) is 11.1. The lowest BCUT2D eigenvalue weighted by Gasteiger charge is -2.13. The van der Waals surface area contributed by atoms with E-state index in [4.69, 9.17) is 9.47 Å². The predicted octanol–water partition coefficient (Wildman–Crippen LogP) is 6.19. The number of carbonyl (C=O) groups is 1. The zero-order valence-corrected chi connectivity index (χ0v) is 20.2. The fourth-order valence-corrected chi connectivity index (χ4v) is 3.87. The molecule has 0 heterocycles. The predicted molar refractivity (Wildman–Crippen MR) is 141 cm³/mol. The van der Waals surface area contributed by atoms with Crippen molar-refractivity contribution in [3.05, 3.63) is 111 Å². The lowest BCUT2D eigenvalue weighted by atomic mass is 10.1. The van der Waals surface area contributed by atoms with E-state index in [1.807, 2.05) is 48.5 Å². The summed E-state index contributed by atoms with van der Waals surface area (Å²) in [5.41, 5.74) is 2.28. The Hall–Kier alpha value is -5.16. The van der Waals surface area contributed by atoms with Crippen molar-refractivity contribution in [1.82, 2.24) is 0 Å². The number of aryl methyl sites for hydroxylation is 1. The maximum absolute atomic E-state index is 12.7. The molecule has 4 aromatic rings. The number of non-ortho nitro benzene ring substituents is 1. The van der Waals surface area contributed by atoms with Crippen molar-refractivity contribution in [1.29, 1.82) is 5.26 Å². The molecular formula is C29H23N3O5. The number of rotatable bonds is 8. The third-order valence-electron chi connectivity index (χ3n) is 5.80. The number of nitrogens with one attached hydrogen (secondary N) is 1. The molecule has 0 atom stereocenters. The fraction of sp³-hybridized carbons (Fsp3) is 0.103. The van der Waals surface area contributed by atoms with Gasteiger partial charge in [-0.15, -0.1) is 0 Å². The number of hydrogen-bond acceptors (Lipinski definition) is 6. The van der Waals surface area contributed by atoms with Crippen molar-refractivity contribution < 1.29 is 19.2 Å². The molecular weight excluding hydrogens is 470 g/mol. The minimum atomic E-state index is -0.630. The van der Waals surface area contributed by atoms with Crippen LogP contribution in [0.4, 0.5) is 11.4 Å². The van der Waals surface area contributed by atoms with Crippen molar-refractivity contribution in [2.24, 2.45) is 0 Å². The highest BCUT2D eigenvalue weighted by atomic mass is 16.6. The average molecular weight is 494 g/mol. The van der Waals surface area contributed by atoms with Gasteiger partial charge in [0.25, 0.3) is 11.6 Å². The minimum Gasteiger partial charge on any atom is -0.493 e. The second-order valence-electron chi connectivity index (χ2n) is 8.22. The van der Waals surface area contributed by atoms with Crippen LogP contribution in [0.25, 0.3) is 16.8 Å². The van der Waals surface area contributed by atoms with Crippen LogP contribution in [0, 0.1) is 28.4 Å². The van der Waals surface area contributed by atoms with Crippen LogP contribution in [0.15, 0.2) is 84.4 Å². The summed E-state index contributed by atoms with van der Waals surface area (Å²) in [4.78, 5) is 23.1. The van der Waals surface area contributed by atoms with Crippen LogP contribution in [-0.2, 0) is 11.4 Å². The number of carbonyl (C=O) groups excluding carboxylic acids is 1. The first-order valence-corrected chi connectivity index (χ1v) is 11.3. The minimum absolute atomic E-state index is 0.0820. The number of nitriles is 1. The van der Waals surface area contributed by atoms with E-state index in [1.165, 1.54) is 31.4 Å². The zero-order valence-electron chi connectivity index (χ0n) is 20.2. The summed E-state index contributed by atoms with van der Waals surface area (Å²) in [5, 5.41) is 25.4. The standard InChI is InChI=1S/C29H23N3O5/c1-19-14-24(32(34)35)11-12-26(19)31-29(33)23(17-30)15-20-10-13-27(28(16-20)36-2)37-18-22-8-5-7-21-6-3-4-9-25(21)22/h3-16H,18H2,1-2H3,(H,31,33)/b23-15+. The Kier molecular flexibility index (Phi) is 7.45. The van der Waals surface area contributed by atoms with E-state index in [0.29, 0.717) is 34.9 Å². The number of nitrogens with zero attached hydrogens (tertiary/aromatic N) is 2. The highest BCUT2D eigenvalue weighted by molar-refractivity contribution is 6.10. The summed E-state index contributed by atoms with van der Waals surface area (Å²) >= 11 is 0. The SMILES string of the molecule is COc1cc(/C=C(\C#N)C(=O)Nc2ccc([N+](=O)[O-])cc2C)ccc1OCc1cccc2ccccc12. The maximum atomic E-state index is 12.7. The number of ether oxygens (including phenoxy) is 2. The van der Waals surface area contributed by atoms with Crippen LogP contribution in [0.3, 0.4) is 0 Å². The normalized spacial score (nSPS) is 11.0. The van der Waals surface area contributed by atoms with Crippen molar-refractivity contribution >= 4 is 34.1 Å². The quantitative estimate of drug-likeness (QED) is 0.135. The summed E-state index contributed by atoms with van der Waals surface area (Å²) < 4.78 is 11.5. The Morgan fingerprint density at radius 2 is 1.84 bits per heavy atom. The van der Waals surface area contributed by atoms with E-state index in [2.05, 4.69) is 5.32 Å². The van der Waals surface area contributed by atoms with Gasteiger partial charge in [0.15, 0.2) is 11.5 Å². The third-order valence-corrected chi connectivity index (χ3v) is 5.80. The number of hydrogen-bond donors (Lipinski definition) is 1. The van der Waals surface area contributed by atoms with Crippen LogP contribution < -0.4 is 14.8 Å². The monoisotopic (exact) mass is 493 g/mol. The van der Waals surface area contributed by atoms with Crippen LogP contribution in [0.1, 0.15) is 16.7 Å². The number of methoxy groups -OCH3 is 1. The van der Waals surface area contributed by atoms with Gasteiger partial charge in [0.2, 0.25) is 0 Å². The third kappa shape index (κ3) is 5.74. The van der Waals surface area contributed by atoms with Gasteiger partial charge >= 0.3 is 0 Å². The van der Waals surface area contributed by atoms with Crippen LogP contribution in [0.5, 0.6) is 11.5 Å². The van der Waals surface area contributed by atoms with Gasteiger partial charge in [0, 0.05) is 17.8 Å². The molecule has 0 aliphatic carbocycles. The molecule has 0 radical (unpaired) electrons. The molecule has 184 valence electrons. The van der Waals surface area contributed by atoms with Crippen LogP contribution in [0.2, 0.25) is 0 Å². The molecule has 0 spiro atoms. The lowest BCUT2D eigenvalue weighted by molar-refractivity contribution is -0.384. The van der Waals surface area contributed by atoms with E-state index >= 15 is 0 Å². The van der Waals surface area contributed by atoms with Gasteiger partial charge < -0.3 is 14.8 Å². The van der Waals surface area contributed by atoms with Gasteiger partial charge in [0.1, 0.15) is 18.2 Å². The Bertz CT molecular complexity index is 1560. The summed E-state index contributed by atoms with van der Waals surface area (Å²) in [5.74, 6) is 0.352. The number of amides is 1. The van der Waals surface area contributed by atoms with Gasteiger partial charge in [-0.1, -0.05) is 48.5 Å². The first-order valence-electron chi connectivity index (χ1n) is 11.3. The smallest absolute Gasteiger partial charge is 0.269 e. The fourth-order valence-electron chi connectivity index (χ4n) is 3.87. The largest absolute Gasteiger partial charge is 0.493 e. The number of nitro benzene ring substituents is 1. The van der Waals surface area contributed by atoms with Gasteiger partial charge in [-0.05, 0) is 58.7 Å².